The molecule has 0 spiro atoms. The highest BCUT2D eigenvalue weighted by atomic mass is 79.9. The van der Waals surface area contributed by atoms with Gasteiger partial charge >= 0.3 is 0 Å². The number of rotatable bonds is 5. The maximum atomic E-state index is 14.5. The van der Waals surface area contributed by atoms with Crippen LogP contribution in [0.25, 0.3) is 0 Å². The second kappa shape index (κ2) is 8.23. The van der Waals surface area contributed by atoms with E-state index in [1.165, 1.54) is 13.1 Å². The van der Waals surface area contributed by atoms with Crippen molar-refractivity contribution in [2.45, 2.75) is 10.9 Å². The predicted molar refractivity (Wildman–Crippen MR) is 108 cm³/mol. The summed E-state index contributed by atoms with van der Waals surface area (Å²) < 4.78 is 42.8. The summed E-state index contributed by atoms with van der Waals surface area (Å²) in [5.74, 6) is -0.954. The smallest absolute Gasteiger partial charge is 0.207 e. The quantitative estimate of drug-likeness (QED) is 0.547. The summed E-state index contributed by atoms with van der Waals surface area (Å²) in [6.07, 6.45) is 0. The van der Waals surface area contributed by atoms with E-state index in [1.54, 1.807) is 6.07 Å². The lowest BCUT2D eigenvalue weighted by molar-refractivity contribution is 0.413. The molecule has 0 aliphatic carbocycles. The zero-order valence-corrected chi connectivity index (χ0v) is 17.3. The van der Waals surface area contributed by atoms with E-state index in [0.717, 1.165) is 32.0 Å². The molecule has 3 rings (SSSR count). The van der Waals surface area contributed by atoms with Gasteiger partial charge in [-0.25, -0.2) is 12.8 Å². The van der Waals surface area contributed by atoms with E-state index in [0.29, 0.717) is 0 Å². The van der Waals surface area contributed by atoms with E-state index >= 15 is 0 Å². The van der Waals surface area contributed by atoms with Gasteiger partial charge in [-0.1, -0.05) is 64.5 Å². The summed E-state index contributed by atoms with van der Waals surface area (Å²) in [6, 6.07) is 20.9. The molecule has 0 aromatic heterocycles. The van der Waals surface area contributed by atoms with Crippen LogP contribution in [-0.4, -0.2) is 19.8 Å². The fraction of sp³-hybridized carbons (Fsp3) is 0.0952. The second-order valence-electron chi connectivity index (χ2n) is 6.11. The molecule has 0 bridgehead atoms. The maximum Gasteiger partial charge on any atom is 0.246 e. The zero-order valence-electron chi connectivity index (χ0n) is 14.9. The lowest BCUT2D eigenvalue weighted by Crippen LogP contribution is -2.32. The summed E-state index contributed by atoms with van der Waals surface area (Å²) in [6.45, 7) is 0. The summed E-state index contributed by atoms with van der Waals surface area (Å²) in [4.78, 5) is -0.470. The van der Waals surface area contributed by atoms with E-state index in [1.807, 2.05) is 54.6 Å². The summed E-state index contributed by atoms with van der Waals surface area (Å²) >= 11 is 3.49. The molecule has 0 fully saturated rings. The van der Waals surface area contributed by atoms with Crippen LogP contribution in [0.5, 0.6) is 0 Å². The first-order valence-electron chi connectivity index (χ1n) is 8.33. The standard InChI is InChI=1S/C21H16BrFN2O2S/c1-25(28(26,27)20-12-11-15(14-24)13-19(20)23)21(16-7-3-2-4-8-16)17-9-5-6-10-18(17)22/h2-13,21H,1H3. The molecule has 0 aliphatic rings. The Kier molecular flexibility index (Phi) is 5.94. The van der Waals surface area contributed by atoms with Crippen molar-refractivity contribution >= 4 is 26.0 Å². The highest BCUT2D eigenvalue weighted by Crippen LogP contribution is 2.36. The number of halogens is 2. The molecule has 0 heterocycles. The molecular weight excluding hydrogens is 443 g/mol. The molecule has 0 radical (unpaired) electrons. The first-order chi connectivity index (χ1) is 13.4. The van der Waals surface area contributed by atoms with E-state index < -0.39 is 26.8 Å². The minimum Gasteiger partial charge on any atom is -0.207 e. The fourth-order valence-electron chi connectivity index (χ4n) is 2.99. The molecule has 3 aromatic carbocycles. The van der Waals surface area contributed by atoms with Crippen molar-refractivity contribution in [1.29, 1.82) is 5.26 Å². The Morgan fingerprint density at radius 2 is 1.68 bits per heavy atom. The first-order valence-corrected chi connectivity index (χ1v) is 10.6. The largest absolute Gasteiger partial charge is 0.246 e. The lowest BCUT2D eigenvalue weighted by atomic mass is 9.99. The fourth-order valence-corrected chi connectivity index (χ4v) is 4.86. The van der Waals surface area contributed by atoms with Crippen LogP contribution in [0.15, 0.2) is 82.2 Å². The number of nitrogens with zero attached hydrogens (tertiary/aromatic N) is 2. The van der Waals surface area contributed by atoms with Crippen molar-refractivity contribution in [1.82, 2.24) is 4.31 Å². The van der Waals surface area contributed by atoms with E-state index in [9.17, 15) is 12.8 Å². The first kappa shape index (κ1) is 20.2. The van der Waals surface area contributed by atoms with Crippen molar-refractivity contribution in [3.05, 3.63) is 99.8 Å². The third-order valence-electron chi connectivity index (χ3n) is 4.40. The molecule has 4 nitrogen and oxygen atoms in total. The van der Waals surface area contributed by atoms with Crippen LogP contribution in [-0.2, 0) is 10.0 Å². The van der Waals surface area contributed by atoms with Gasteiger partial charge in [0.05, 0.1) is 17.7 Å². The number of benzene rings is 3. The Bertz CT molecular complexity index is 1140. The van der Waals surface area contributed by atoms with Crippen LogP contribution in [0.3, 0.4) is 0 Å². The second-order valence-corrected chi connectivity index (χ2v) is 8.93. The molecule has 0 amide bonds. The lowest BCUT2D eigenvalue weighted by Gasteiger charge is -2.29. The van der Waals surface area contributed by atoms with E-state index in [2.05, 4.69) is 15.9 Å². The molecule has 0 N–H and O–H groups in total. The maximum absolute atomic E-state index is 14.5. The Labute approximate surface area is 172 Å². The average Bonchev–Trinajstić information content (AvgIpc) is 2.70. The SMILES string of the molecule is CN(C(c1ccccc1)c1ccccc1Br)S(=O)(=O)c1ccc(C#N)cc1F. The normalized spacial score (nSPS) is 12.5. The molecule has 142 valence electrons. The van der Waals surface area contributed by atoms with Crippen molar-refractivity contribution in [2.75, 3.05) is 7.05 Å². The average molecular weight is 459 g/mol. The van der Waals surface area contributed by atoms with Crippen LogP contribution in [0, 0.1) is 17.1 Å². The summed E-state index contributed by atoms with van der Waals surface area (Å²) in [7, 11) is -2.76. The Morgan fingerprint density at radius 1 is 1.04 bits per heavy atom. The van der Waals surface area contributed by atoms with Gasteiger partial charge in [0.15, 0.2) is 0 Å². The van der Waals surface area contributed by atoms with Crippen molar-refractivity contribution in [3.63, 3.8) is 0 Å². The Morgan fingerprint density at radius 3 is 2.29 bits per heavy atom. The van der Waals surface area contributed by atoms with Crippen LogP contribution in [0.1, 0.15) is 22.7 Å². The van der Waals surface area contributed by atoms with Gasteiger partial charge in [-0.2, -0.15) is 9.57 Å². The van der Waals surface area contributed by atoms with Gasteiger partial charge in [-0.15, -0.1) is 0 Å². The van der Waals surface area contributed by atoms with Crippen LogP contribution in [0.2, 0.25) is 0 Å². The zero-order chi connectivity index (χ0) is 20.3. The molecule has 7 heteroatoms. The summed E-state index contributed by atoms with van der Waals surface area (Å²) in [5, 5.41) is 8.90. The van der Waals surface area contributed by atoms with E-state index in [-0.39, 0.29) is 5.56 Å². The third kappa shape index (κ3) is 3.85. The molecular formula is C21H16BrFN2O2S. The molecule has 3 aromatic rings. The van der Waals surface area contributed by atoms with Gasteiger partial charge in [0, 0.05) is 11.5 Å². The number of hydrogen-bond acceptors (Lipinski definition) is 3. The molecule has 1 atom stereocenters. The van der Waals surface area contributed by atoms with Crippen molar-refractivity contribution < 1.29 is 12.8 Å². The highest BCUT2D eigenvalue weighted by Gasteiger charge is 2.33. The minimum absolute atomic E-state index is 0.0597. The van der Waals surface area contributed by atoms with Gasteiger partial charge < -0.3 is 0 Å². The molecule has 1 unspecified atom stereocenters. The van der Waals surface area contributed by atoms with Crippen molar-refractivity contribution in [3.8, 4) is 6.07 Å². The van der Waals surface area contributed by atoms with Gasteiger partial charge in [-0.05, 0) is 35.4 Å². The number of nitriles is 1. The predicted octanol–water partition coefficient (Wildman–Crippen LogP) is 4.87. The Hall–Kier alpha value is -2.53. The van der Waals surface area contributed by atoms with Gasteiger partial charge in [0.1, 0.15) is 10.7 Å². The summed E-state index contributed by atoms with van der Waals surface area (Å²) in [5.41, 5.74) is 1.54. The van der Waals surface area contributed by atoms with Crippen LogP contribution < -0.4 is 0 Å². The third-order valence-corrected chi connectivity index (χ3v) is 6.97. The van der Waals surface area contributed by atoms with Crippen LogP contribution >= 0.6 is 15.9 Å². The van der Waals surface area contributed by atoms with E-state index in [4.69, 9.17) is 5.26 Å². The number of sulfonamides is 1. The molecule has 28 heavy (non-hydrogen) atoms. The van der Waals surface area contributed by atoms with Crippen LogP contribution in [0.4, 0.5) is 4.39 Å². The van der Waals surface area contributed by atoms with Gasteiger partial charge in [0.25, 0.3) is 0 Å². The molecule has 0 aliphatic heterocycles. The van der Waals surface area contributed by atoms with Crippen molar-refractivity contribution in [2.24, 2.45) is 0 Å². The van der Waals surface area contributed by atoms with Gasteiger partial charge in [-0.3, -0.25) is 0 Å². The topological polar surface area (TPSA) is 61.2 Å². The van der Waals surface area contributed by atoms with Gasteiger partial charge in [0.2, 0.25) is 10.0 Å². The minimum atomic E-state index is -4.18. The monoisotopic (exact) mass is 458 g/mol. The molecule has 0 saturated carbocycles. The number of hydrogen-bond donors (Lipinski definition) is 0. The highest BCUT2D eigenvalue weighted by molar-refractivity contribution is 9.10. The Balaban J connectivity index is 2.15. The molecule has 0 saturated heterocycles.